The lowest BCUT2D eigenvalue weighted by Gasteiger charge is -2.15. The highest BCUT2D eigenvalue weighted by Crippen LogP contribution is 2.06. The number of aromatic nitrogens is 2. The summed E-state index contributed by atoms with van der Waals surface area (Å²) in [5, 5.41) is 9.60. The molecular formula is C14H25N5O2. The molecule has 1 aromatic heterocycles. The Morgan fingerprint density at radius 3 is 2.62 bits per heavy atom. The van der Waals surface area contributed by atoms with Gasteiger partial charge in [-0.3, -0.25) is 14.3 Å². The van der Waals surface area contributed by atoms with Gasteiger partial charge in [-0.1, -0.05) is 20.8 Å². The number of nitrogens with one attached hydrogen (secondary N) is 2. The molecule has 0 aliphatic heterocycles. The summed E-state index contributed by atoms with van der Waals surface area (Å²) >= 11 is 0. The molecule has 21 heavy (non-hydrogen) atoms. The summed E-state index contributed by atoms with van der Waals surface area (Å²) in [4.78, 5) is 23.4. The minimum Gasteiger partial charge on any atom is -0.350 e. The number of aryl methyl sites for hydroxylation is 2. The molecule has 0 aliphatic carbocycles. The Bertz CT molecular complexity index is 496. The number of rotatable bonds is 7. The van der Waals surface area contributed by atoms with Crippen LogP contribution in [0.25, 0.3) is 0 Å². The standard InChI is InChI=1S/C14H25N5O2/c1-5-11-10(8-19(4)18-11)6-16-12(20)7-17-14(21)13(15)9(2)3/h8-9,13H,5-7,15H2,1-4H3,(H,16,20)(H,17,21)/t13-/m0/s1. The van der Waals surface area contributed by atoms with E-state index in [0.717, 1.165) is 17.7 Å². The van der Waals surface area contributed by atoms with Gasteiger partial charge in [0, 0.05) is 25.4 Å². The van der Waals surface area contributed by atoms with Crippen molar-refractivity contribution < 1.29 is 9.59 Å². The third kappa shape index (κ3) is 5.18. The lowest BCUT2D eigenvalue weighted by atomic mass is 10.1. The topological polar surface area (TPSA) is 102 Å². The van der Waals surface area contributed by atoms with Gasteiger partial charge in [0.15, 0.2) is 0 Å². The van der Waals surface area contributed by atoms with Crippen LogP contribution in [0.3, 0.4) is 0 Å². The Morgan fingerprint density at radius 2 is 2.05 bits per heavy atom. The van der Waals surface area contributed by atoms with Gasteiger partial charge in [0.25, 0.3) is 0 Å². The van der Waals surface area contributed by atoms with Crippen LogP contribution in [0.5, 0.6) is 0 Å². The normalized spacial score (nSPS) is 12.3. The van der Waals surface area contributed by atoms with Crippen molar-refractivity contribution in [3.8, 4) is 0 Å². The third-order valence-corrected chi connectivity index (χ3v) is 3.25. The van der Waals surface area contributed by atoms with Gasteiger partial charge >= 0.3 is 0 Å². The van der Waals surface area contributed by atoms with Crippen molar-refractivity contribution in [3.63, 3.8) is 0 Å². The highest BCUT2D eigenvalue weighted by atomic mass is 16.2. The number of hydrogen-bond acceptors (Lipinski definition) is 4. The highest BCUT2D eigenvalue weighted by Gasteiger charge is 2.17. The Balaban J connectivity index is 2.39. The fourth-order valence-corrected chi connectivity index (χ4v) is 1.87. The van der Waals surface area contributed by atoms with Crippen LogP contribution in [-0.4, -0.2) is 34.2 Å². The van der Waals surface area contributed by atoms with E-state index in [1.165, 1.54) is 0 Å². The first-order valence-electron chi connectivity index (χ1n) is 7.16. The van der Waals surface area contributed by atoms with E-state index in [0.29, 0.717) is 6.54 Å². The molecule has 1 aromatic rings. The van der Waals surface area contributed by atoms with E-state index >= 15 is 0 Å². The molecule has 2 amide bonds. The van der Waals surface area contributed by atoms with Crippen molar-refractivity contribution in [2.75, 3.05) is 6.54 Å². The number of amides is 2. The van der Waals surface area contributed by atoms with E-state index in [9.17, 15) is 9.59 Å². The van der Waals surface area contributed by atoms with Crippen molar-refractivity contribution >= 4 is 11.8 Å². The summed E-state index contributed by atoms with van der Waals surface area (Å²) in [6.07, 6.45) is 2.69. The van der Waals surface area contributed by atoms with Crippen LogP contribution >= 0.6 is 0 Å². The number of carbonyl (C=O) groups is 2. The molecule has 7 heteroatoms. The Kier molecular flexibility index (Phi) is 6.36. The number of nitrogens with two attached hydrogens (primary N) is 1. The van der Waals surface area contributed by atoms with Gasteiger partial charge in [0.2, 0.25) is 11.8 Å². The fraction of sp³-hybridized carbons (Fsp3) is 0.643. The van der Waals surface area contributed by atoms with Crippen molar-refractivity contribution in [2.45, 2.75) is 39.8 Å². The zero-order chi connectivity index (χ0) is 16.0. The minimum atomic E-state index is -0.595. The minimum absolute atomic E-state index is 0.0376. The van der Waals surface area contributed by atoms with Gasteiger partial charge < -0.3 is 16.4 Å². The summed E-state index contributed by atoms with van der Waals surface area (Å²) in [6.45, 7) is 6.07. The summed E-state index contributed by atoms with van der Waals surface area (Å²) < 4.78 is 1.73. The average molecular weight is 295 g/mol. The summed E-state index contributed by atoms with van der Waals surface area (Å²) in [6, 6.07) is -0.595. The van der Waals surface area contributed by atoms with Crippen LogP contribution in [-0.2, 0) is 29.6 Å². The Hall–Kier alpha value is -1.89. The van der Waals surface area contributed by atoms with Crippen molar-refractivity contribution in [2.24, 2.45) is 18.7 Å². The lowest BCUT2D eigenvalue weighted by molar-refractivity contribution is -0.127. The molecule has 0 spiro atoms. The van der Waals surface area contributed by atoms with E-state index in [2.05, 4.69) is 15.7 Å². The van der Waals surface area contributed by atoms with Crippen molar-refractivity contribution in [3.05, 3.63) is 17.5 Å². The second-order valence-electron chi connectivity index (χ2n) is 5.39. The highest BCUT2D eigenvalue weighted by molar-refractivity contribution is 5.87. The van der Waals surface area contributed by atoms with Crippen LogP contribution in [0.1, 0.15) is 32.0 Å². The smallest absolute Gasteiger partial charge is 0.239 e. The van der Waals surface area contributed by atoms with E-state index in [1.807, 2.05) is 34.0 Å². The van der Waals surface area contributed by atoms with Gasteiger partial charge in [-0.15, -0.1) is 0 Å². The van der Waals surface area contributed by atoms with Gasteiger partial charge in [-0.05, 0) is 12.3 Å². The SMILES string of the molecule is CCc1nn(C)cc1CNC(=O)CNC(=O)[C@@H](N)C(C)C. The van der Waals surface area contributed by atoms with Crippen LogP contribution < -0.4 is 16.4 Å². The second-order valence-corrected chi connectivity index (χ2v) is 5.39. The molecule has 0 unspecified atom stereocenters. The quantitative estimate of drug-likeness (QED) is 0.642. The van der Waals surface area contributed by atoms with Gasteiger partial charge in [-0.2, -0.15) is 5.10 Å². The van der Waals surface area contributed by atoms with E-state index < -0.39 is 6.04 Å². The molecule has 118 valence electrons. The molecule has 1 atom stereocenters. The van der Waals surface area contributed by atoms with E-state index in [4.69, 9.17) is 5.73 Å². The molecule has 1 heterocycles. The average Bonchev–Trinajstić information content (AvgIpc) is 2.81. The molecule has 7 nitrogen and oxygen atoms in total. The first kappa shape index (κ1) is 17.2. The maximum absolute atomic E-state index is 11.7. The van der Waals surface area contributed by atoms with Gasteiger partial charge in [-0.25, -0.2) is 0 Å². The summed E-state index contributed by atoms with van der Waals surface area (Å²) in [7, 11) is 1.85. The number of hydrogen-bond donors (Lipinski definition) is 3. The van der Waals surface area contributed by atoms with Gasteiger partial charge in [0.05, 0.1) is 18.3 Å². The zero-order valence-electron chi connectivity index (χ0n) is 13.1. The number of carbonyl (C=O) groups excluding carboxylic acids is 2. The third-order valence-electron chi connectivity index (χ3n) is 3.25. The molecule has 0 radical (unpaired) electrons. The van der Waals surface area contributed by atoms with E-state index in [1.54, 1.807) is 4.68 Å². The van der Waals surface area contributed by atoms with Crippen molar-refractivity contribution in [1.29, 1.82) is 0 Å². The summed E-state index contributed by atoms with van der Waals surface area (Å²) in [5.74, 6) is -0.517. The fourth-order valence-electron chi connectivity index (χ4n) is 1.87. The predicted octanol–water partition coefficient (Wildman–Crippen LogP) is -0.302. The largest absolute Gasteiger partial charge is 0.350 e. The van der Waals surface area contributed by atoms with Crippen molar-refractivity contribution in [1.82, 2.24) is 20.4 Å². The molecule has 1 rings (SSSR count). The molecule has 0 saturated carbocycles. The molecule has 4 N–H and O–H groups in total. The van der Waals surface area contributed by atoms with E-state index in [-0.39, 0.29) is 24.3 Å². The maximum Gasteiger partial charge on any atom is 0.239 e. The van der Waals surface area contributed by atoms with Crippen LogP contribution in [0.15, 0.2) is 6.20 Å². The molecule has 0 saturated heterocycles. The van der Waals surface area contributed by atoms with Crippen LogP contribution in [0.2, 0.25) is 0 Å². The zero-order valence-corrected chi connectivity index (χ0v) is 13.1. The molecule has 0 aliphatic rings. The molecular weight excluding hydrogens is 270 g/mol. The predicted molar refractivity (Wildman–Crippen MR) is 80.3 cm³/mol. The first-order chi connectivity index (χ1) is 9.85. The van der Waals surface area contributed by atoms with Gasteiger partial charge in [0.1, 0.15) is 0 Å². The molecule has 0 fully saturated rings. The molecule has 0 aromatic carbocycles. The Labute approximate surface area is 125 Å². The monoisotopic (exact) mass is 295 g/mol. The maximum atomic E-state index is 11.7. The molecule has 0 bridgehead atoms. The van der Waals surface area contributed by atoms with Crippen LogP contribution in [0, 0.1) is 5.92 Å². The lowest BCUT2D eigenvalue weighted by Crippen LogP contribution is -2.47. The Morgan fingerprint density at radius 1 is 1.38 bits per heavy atom. The number of nitrogens with zero attached hydrogens (tertiary/aromatic N) is 2. The summed E-state index contributed by atoms with van der Waals surface area (Å²) in [5.41, 5.74) is 7.64. The van der Waals surface area contributed by atoms with Crippen LogP contribution in [0.4, 0.5) is 0 Å². The first-order valence-corrected chi connectivity index (χ1v) is 7.16. The second kappa shape index (κ2) is 7.78.